The molecule has 0 aromatic rings. The highest BCUT2D eigenvalue weighted by Crippen LogP contribution is 2.00. The van der Waals surface area contributed by atoms with Gasteiger partial charge in [-0.3, -0.25) is 9.96 Å². The fraction of sp³-hybridized carbons (Fsp3) is 1.00. The summed E-state index contributed by atoms with van der Waals surface area (Å²) in [4.78, 5) is 6.76. The highest BCUT2D eigenvalue weighted by Gasteiger charge is 2.37. The van der Waals surface area contributed by atoms with Crippen LogP contribution in [0.5, 0.6) is 0 Å². The topological polar surface area (TPSA) is 42.5 Å². The fourth-order valence-electron chi connectivity index (χ4n) is 1.38. The number of nitrogens with one attached hydrogen (secondary N) is 2. The second-order valence-corrected chi connectivity index (χ2v) is 5.81. The molecule has 0 aliphatic carbocycles. The molecule has 0 aliphatic heterocycles. The van der Waals surface area contributed by atoms with Gasteiger partial charge in [0.05, 0.1) is 0 Å². The Labute approximate surface area is 95.1 Å². The van der Waals surface area contributed by atoms with E-state index in [0.717, 1.165) is 19.5 Å². The highest BCUT2D eigenvalue weighted by atomic mass is 28.4. The monoisotopic (exact) mass is 234 g/mol. The molecule has 0 spiro atoms. The smallest absolute Gasteiger partial charge is 0.371 e. The molecule has 0 saturated heterocycles. The molecule has 0 saturated carbocycles. The van der Waals surface area contributed by atoms with E-state index in [4.69, 9.17) is 8.85 Å². The maximum Gasteiger partial charge on any atom is 0.516 e. The van der Waals surface area contributed by atoms with Crippen molar-refractivity contribution in [1.29, 1.82) is 0 Å². The maximum absolute atomic E-state index is 5.75. The third kappa shape index (κ3) is 6.27. The van der Waals surface area contributed by atoms with Gasteiger partial charge in [0.25, 0.3) is 0 Å². The summed E-state index contributed by atoms with van der Waals surface area (Å²) in [5, 5.41) is 0. The molecule has 0 aromatic carbocycles. The van der Waals surface area contributed by atoms with Crippen LogP contribution in [0.3, 0.4) is 0 Å². The number of rotatable bonds is 10. The fourth-order valence-corrected chi connectivity index (χ4v) is 3.78. The van der Waals surface area contributed by atoms with Crippen LogP contribution in [0.25, 0.3) is 0 Å². The van der Waals surface area contributed by atoms with E-state index in [-0.39, 0.29) is 0 Å². The average Bonchev–Trinajstić information content (AvgIpc) is 2.19. The van der Waals surface area contributed by atoms with E-state index in [9.17, 15) is 0 Å². The molecule has 0 aliphatic rings. The molecule has 0 heterocycles. The Hall–Kier alpha value is 0.0569. The third-order valence-corrected chi connectivity index (χ3v) is 4.92. The summed E-state index contributed by atoms with van der Waals surface area (Å²) < 4.78 is 11.5. The van der Waals surface area contributed by atoms with Crippen LogP contribution < -0.4 is 9.96 Å². The van der Waals surface area contributed by atoms with Gasteiger partial charge in [0.1, 0.15) is 0 Å². The predicted octanol–water partition coefficient (Wildman–Crippen LogP) is 1.49. The lowest BCUT2D eigenvalue weighted by Gasteiger charge is -2.29. The van der Waals surface area contributed by atoms with Gasteiger partial charge in [-0.05, 0) is 33.4 Å². The first-order chi connectivity index (χ1) is 7.24. The molecule has 0 bridgehead atoms. The van der Waals surface area contributed by atoms with Crippen molar-refractivity contribution in [3.63, 3.8) is 0 Å². The zero-order valence-corrected chi connectivity index (χ0v) is 11.6. The van der Waals surface area contributed by atoms with Crippen molar-refractivity contribution in [2.45, 2.75) is 40.5 Å². The maximum atomic E-state index is 5.75. The Morgan fingerprint density at radius 2 is 1.53 bits per heavy atom. The van der Waals surface area contributed by atoms with Gasteiger partial charge in [0.15, 0.2) is 0 Å². The Kier molecular flexibility index (Phi) is 9.33. The van der Waals surface area contributed by atoms with Crippen LogP contribution in [-0.2, 0) is 8.85 Å². The lowest BCUT2D eigenvalue weighted by molar-refractivity contribution is 0.160. The summed E-state index contributed by atoms with van der Waals surface area (Å²) >= 11 is 0. The first-order valence-electron chi connectivity index (χ1n) is 6.02. The standard InChI is InChI=1S/C10H26N2O2Si/c1-5-9-10-12-15(11-6-2,13-7-3)14-8-4/h11-12H,5-10H2,1-4H3. The van der Waals surface area contributed by atoms with Crippen molar-refractivity contribution in [2.24, 2.45) is 0 Å². The third-order valence-electron chi connectivity index (χ3n) is 1.99. The molecule has 0 amide bonds. The lowest BCUT2D eigenvalue weighted by atomic mass is 10.3. The minimum atomic E-state index is -2.33. The van der Waals surface area contributed by atoms with Gasteiger partial charge in [0, 0.05) is 13.2 Å². The van der Waals surface area contributed by atoms with Crippen LogP contribution in [0, 0.1) is 0 Å². The van der Waals surface area contributed by atoms with E-state index >= 15 is 0 Å². The van der Waals surface area contributed by atoms with E-state index in [1.165, 1.54) is 6.42 Å². The first-order valence-corrected chi connectivity index (χ1v) is 7.84. The van der Waals surface area contributed by atoms with Gasteiger partial charge in [-0.15, -0.1) is 0 Å². The molecule has 15 heavy (non-hydrogen) atoms. The van der Waals surface area contributed by atoms with Crippen LogP contribution in [0.15, 0.2) is 0 Å². The number of unbranched alkanes of at least 4 members (excludes halogenated alkanes) is 1. The summed E-state index contributed by atoms with van der Waals surface area (Å²) in [5.74, 6) is 0. The highest BCUT2D eigenvalue weighted by molar-refractivity contribution is 6.62. The summed E-state index contributed by atoms with van der Waals surface area (Å²) in [6, 6.07) is 0. The molecule has 0 aromatic heterocycles. The first kappa shape index (κ1) is 15.1. The summed E-state index contributed by atoms with van der Waals surface area (Å²) in [6.07, 6.45) is 2.34. The minimum absolute atomic E-state index is 0.679. The Morgan fingerprint density at radius 3 is 1.93 bits per heavy atom. The second-order valence-electron chi connectivity index (χ2n) is 3.29. The molecule has 0 radical (unpaired) electrons. The largest absolute Gasteiger partial charge is 0.516 e. The zero-order chi connectivity index (χ0) is 11.6. The summed E-state index contributed by atoms with van der Waals surface area (Å²) in [5.41, 5.74) is 0. The van der Waals surface area contributed by atoms with Crippen LogP contribution in [0.2, 0.25) is 0 Å². The predicted molar refractivity (Wildman–Crippen MR) is 65.6 cm³/mol. The molecular formula is C10H26N2O2Si. The van der Waals surface area contributed by atoms with E-state index in [2.05, 4.69) is 23.8 Å². The molecule has 0 atom stereocenters. The van der Waals surface area contributed by atoms with Gasteiger partial charge in [0.2, 0.25) is 0 Å². The summed E-state index contributed by atoms with van der Waals surface area (Å²) in [6.45, 7) is 11.4. The Balaban J connectivity index is 4.18. The molecule has 0 unspecified atom stereocenters. The van der Waals surface area contributed by atoms with Crippen molar-refractivity contribution in [2.75, 3.05) is 26.3 Å². The van der Waals surface area contributed by atoms with Gasteiger partial charge in [-0.25, -0.2) is 0 Å². The van der Waals surface area contributed by atoms with Gasteiger partial charge in [-0.2, -0.15) is 0 Å². The number of hydrogen-bond acceptors (Lipinski definition) is 4. The average molecular weight is 234 g/mol. The normalized spacial score (nSPS) is 12.0. The summed E-state index contributed by atoms with van der Waals surface area (Å²) in [7, 11) is -2.33. The van der Waals surface area contributed by atoms with Crippen LogP contribution in [0.4, 0.5) is 0 Å². The molecule has 92 valence electrons. The van der Waals surface area contributed by atoms with Crippen molar-refractivity contribution >= 4 is 8.88 Å². The van der Waals surface area contributed by atoms with Gasteiger partial charge in [-0.1, -0.05) is 20.3 Å². The van der Waals surface area contributed by atoms with Crippen LogP contribution in [-0.4, -0.2) is 35.2 Å². The second kappa shape index (κ2) is 9.29. The van der Waals surface area contributed by atoms with E-state index < -0.39 is 8.88 Å². The minimum Gasteiger partial charge on any atom is -0.371 e. The van der Waals surface area contributed by atoms with E-state index in [1.807, 2.05) is 13.8 Å². The molecule has 2 N–H and O–H groups in total. The van der Waals surface area contributed by atoms with Crippen molar-refractivity contribution < 1.29 is 8.85 Å². The molecular weight excluding hydrogens is 208 g/mol. The van der Waals surface area contributed by atoms with Crippen LogP contribution in [0.1, 0.15) is 40.5 Å². The van der Waals surface area contributed by atoms with Gasteiger partial charge < -0.3 is 8.85 Å². The lowest BCUT2D eigenvalue weighted by Crippen LogP contribution is -2.67. The Bertz CT molecular complexity index is 130. The molecule has 0 fully saturated rings. The molecule has 0 rings (SSSR count). The van der Waals surface area contributed by atoms with Gasteiger partial charge >= 0.3 is 8.88 Å². The van der Waals surface area contributed by atoms with E-state index in [1.54, 1.807) is 0 Å². The van der Waals surface area contributed by atoms with E-state index in [0.29, 0.717) is 13.2 Å². The Morgan fingerprint density at radius 1 is 0.933 bits per heavy atom. The zero-order valence-electron chi connectivity index (χ0n) is 10.6. The van der Waals surface area contributed by atoms with Crippen LogP contribution >= 0.6 is 0 Å². The SMILES string of the molecule is CCCCN[Si](NCC)(OCC)OCC. The molecule has 5 heteroatoms. The van der Waals surface area contributed by atoms with Crippen molar-refractivity contribution in [1.82, 2.24) is 9.96 Å². The quantitative estimate of drug-likeness (QED) is 0.444. The molecule has 4 nitrogen and oxygen atoms in total. The number of hydrogen-bond donors (Lipinski definition) is 2. The van der Waals surface area contributed by atoms with Crippen molar-refractivity contribution in [3.8, 4) is 0 Å². The van der Waals surface area contributed by atoms with Crippen molar-refractivity contribution in [3.05, 3.63) is 0 Å².